The van der Waals surface area contributed by atoms with Gasteiger partial charge in [-0.05, 0) is 36.9 Å². The fraction of sp³-hybridized carbons (Fsp3) is 0.667. The van der Waals surface area contributed by atoms with Crippen LogP contribution in [-0.4, -0.2) is 16.3 Å². The molecule has 94 valence electrons. The lowest BCUT2D eigenvalue weighted by molar-refractivity contribution is 0.267. The number of nitrogens with zero attached hydrogens (tertiary/aromatic N) is 4. The molecule has 1 rings (SSSR count). The maximum absolute atomic E-state index is 9.24. The van der Waals surface area contributed by atoms with Gasteiger partial charge >= 0.3 is 0 Å². The molecule has 5 heteroatoms. The lowest BCUT2D eigenvalue weighted by atomic mass is 10.1. The molecule has 0 spiro atoms. The van der Waals surface area contributed by atoms with Gasteiger partial charge in [0, 0.05) is 22.8 Å². The predicted molar refractivity (Wildman–Crippen MR) is 67.7 cm³/mol. The van der Waals surface area contributed by atoms with Crippen molar-refractivity contribution in [1.82, 2.24) is 4.57 Å². The van der Waals surface area contributed by atoms with E-state index in [0.29, 0.717) is 5.92 Å². The molecule has 1 N–H and O–H groups in total. The molecule has 1 heterocycles. The molecule has 1 aromatic rings. The smallest absolute Gasteiger partial charge is 0.0873 e. The van der Waals surface area contributed by atoms with E-state index in [4.69, 9.17) is 5.53 Å². The molecule has 0 amide bonds. The first-order valence-corrected chi connectivity index (χ1v) is 5.83. The second-order valence-corrected chi connectivity index (χ2v) is 4.73. The van der Waals surface area contributed by atoms with E-state index in [9.17, 15) is 5.11 Å². The summed E-state index contributed by atoms with van der Waals surface area (Å²) in [6.07, 6.45) is 0. The van der Waals surface area contributed by atoms with Gasteiger partial charge in [-0.3, -0.25) is 0 Å². The number of hydrogen-bond donors (Lipinski definition) is 1. The second-order valence-electron chi connectivity index (χ2n) is 4.73. The van der Waals surface area contributed by atoms with Crippen LogP contribution in [0.25, 0.3) is 10.4 Å². The number of aliphatic hydroxyl groups is 1. The van der Waals surface area contributed by atoms with Crippen molar-refractivity contribution in [2.24, 2.45) is 11.0 Å². The zero-order valence-electron chi connectivity index (χ0n) is 10.9. The van der Waals surface area contributed by atoms with Gasteiger partial charge in [-0.15, -0.1) is 0 Å². The molecular formula is C12H20N4O. The van der Waals surface area contributed by atoms with Crippen LogP contribution in [0.4, 0.5) is 0 Å². The first-order chi connectivity index (χ1) is 8.01. The van der Waals surface area contributed by atoms with Gasteiger partial charge in [-0.25, -0.2) is 0 Å². The Bertz CT molecular complexity index is 430. The third-order valence-electron chi connectivity index (χ3n) is 2.88. The Kier molecular flexibility index (Phi) is 4.61. The van der Waals surface area contributed by atoms with Crippen LogP contribution in [0.5, 0.6) is 0 Å². The van der Waals surface area contributed by atoms with Crippen molar-refractivity contribution in [3.8, 4) is 0 Å². The topological polar surface area (TPSA) is 73.9 Å². The molecule has 1 atom stereocenters. The summed E-state index contributed by atoms with van der Waals surface area (Å²) in [6, 6.07) is 1.51. The molecule has 1 aromatic heterocycles. The van der Waals surface area contributed by atoms with Crippen molar-refractivity contribution in [3.63, 3.8) is 0 Å². The number of hydrogen-bond acceptors (Lipinski definition) is 2. The highest BCUT2D eigenvalue weighted by Gasteiger charge is 2.16. The molecule has 0 fully saturated rings. The van der Waals surface area contributed by atoms with Gasteiger partial charge < -0.3 is 9.67 Å². The number of aliphatic hydroxyl groups excluding tert-OH is 1. The minimum atomic E-state index is -0.480. The number of aromatic nitrogens is 1. The van der Waals surface area contributed by atoms with Crippen LogP contribution in [0, 0.1) is 19.8 Å². The molecule has 0 aliphatic rings. The third-order valence-corrected chi connectivity index (χ3v) is 2.88. The fourth-order valence-corrected chi connectivity index (χ4v) is 2.07. The van der Waals surface area contributed by atoms with Crippen LogP contribution in [0.15, 0.2) is 11.2 Å². The van der Waals surface area contributed by atoms with Crippen molar-refractivity contribution >= 4 is 0 Å². The van der Waals surface area contributed by atoms with E-state index >= 15 is 0 Å². The van der Waals surface area contributed by atoms with Crippen LogP contribution >= 0.6 is 0 Å². The van der Waals surface area contributed by atoms with E-state index in [1.807, 2.05) is 19.9 Å². The molecule has 0 saturated heterocycles. The van der Waals surface area contributed by atoms with Gasteiger partial charge in [0.25, 0.3) is 0 Å². The van der Waals surface area contributed by atoms with Crippen molar-refractivity contribution in [2.75, 3.05) is 6.61 Å². The Morgan fingerprint density at radius 1 is 1.47 bits per heavy atom. The maximum atomic E-state index is 9.24. The molecular weight excluding hydrogens is 216 g/mol. The Balaban J connectivity index is 3.14. The summed E-state index contributed by atoms with van der Waals surface area (Å²) >= 11 is 0. The third kappa shape index (κ3) is 3.02. The first kappa shape index (κ1) is 13.6. The lowest BCUT2D eigenvalue weighted by Crippen LogP contribution is -2.09. The molecule has 17 heavy (non-hydrogen) atoms. The molecule has 1 unspecified atom stereocenters. The Hall–Kier alpha value is -1.45. The summed E-state index contributed by atoms with van der Waals surface area (Å²) in [5.74, 6) is 0.555. The van der Waals surface area contributed by atoms with Crippen LogP contribution in [0.1, 0.15) is 36.8 Å². The average molecular weight is 236 g/mol. The summed E-state index contributed by atoms with van der Waals surface area (Å²) in [6.45, 7) is 9.14. The fourth-order valence-electron chi connectivity index (χ4n) is 2.07. The minimum absolute atomic E-state index is 0.157. The minimum Gasteiger partial charge on any atom is -0.396 e. The van der Waals surface area contributed by atoms with E-state index in [1.165, 1.54) is 0 Å². The second kappa shape index (κ2) is 5.75. The standard InChI is InChI=1S/C12H20N4O/c1-8(2)6-16-9(3)5-11(10(16)4)12(7-17)14-15-13/h5,8,12,17H,6-7H2,1-4H3. The van der Waals surface area contributed by atoms with E-state index in [2.05, 4.69) is 28.4 Å². The number of aryl methyl sites for hydroxylation is 1. The van der Waals surface area contributed by atoms with Crippen LogP contribution in [0.2, 0.25) is 0 Å². The molecule has 0 bridgehead atoms. The normalized spacial score (nSPS) is 12.6. The average Bonchev–Trinajstić information content (AvgIpc) is 2.53. The highest BCUT2D eigenvalue weighted by Crippen LogP contribution is 2.25. The van der Waals surface area contributed by atoms with Crippen LogP contribution < -0.4 is 0 Å². The Morgan fingerprint density at radius 3 is 2.59 bits per heavy atom. The molecule has 0 aromatic carbocycles. The first-order valence-electron chi connectivity index (χ1n) is 5.83. The van der Waals surface area contributed by atoms with E-state index in [1.54, 1.807) is 0 Å². The largest absolute Gasteiger partial charge is 0.396 e. The molecule has 0 aliphatic heterocycles. The Labute approximate surface area is 102 Å². The highest BCUT2D eigenvalue weighted by molar-refractivity contribution is 5.30. The van der Waals surface area contributed by atoms with Gasteiger partial charge in [-0.2, -0.15) is 0 Å². The summed E-state index contributed by atoms with van der Waals surface area (Å²) in [5.41, 5.74) is 11.6. The number of azide groups is 1. The quantitative estimate of drug-likeness (QED) is 0.476. The molecule has 0 aliphatic carbocycles. The zero-order chi connectivity index (χ0) is 13.0. The number of rotatable bonds is 5. The van der Waals surface area contributed by atoms with E-state index < -0.39 is 6.04 Å². The van der Waals surface area contributed by atoms with Gasteiger partial charge in [0.05, 0.1) is 12.6 Å². The zero-order valence-corrected chi connectivity index (χ0v) is 10.9. The summed E-state index contributed by atoms with van der Waals surface area (Å²) in [7, 11) is 0. The molecule has 5 nitrogen and oxygen atoms in total. The monoisotopic (exact) mass is 236 g/mol. The van der Waals surface area contributed by atoms with Crippen molar-refractivity contribution < 1.29 is 5.11 Å². The van der Waals surface area contributed by atoms with Crippen LogP contribution in [-0.2, 0) is 6.54 Å². The Morgan fingerprint density at radius 2 is 2.12 bits per heavy atom. The summed E-state index contributed by atoms with van der Waals surface area (Å²) < 4.78 is 2.20. The maximum Gasteiger partial charge on any atom is 0.0873 e. The lowest BCUT2D eigenvalue weighted by Gasteiger charge is -2.13. The predicted octanol–water partition coefficient (Wildman–Crippen LogP) is 3.10. The van der Waals surface area contributed by atoms with Gasteiger partial charge in [0.2, 0.25) is 0 Å². The van der Waals surface area contributed by atoms with Crippen LogP contribution in [0.3, 0.4) is 0 Å². The van der Waals surface area contributed by atoms with E-state index in [-0.39, 0.29) is 6.61 Å². The van der Waals surface area contributed by atoms with Crippen molar-refractivity contribution in [3.05, 3.63) is 33.5 Å². The summed E-state index contributed by atoms with van der Waals surface area (Å²) in [5, 5.41) is 12.9. The summed E-state index contributed by atoms with van der Waals surface area (Å²) in [4.78, 5) is 2.78. The highest BCUT2D eigenvalue weighted by atomic mass is 16.3. The molecule has 0 radical (unpaired) electrons. The van der Waals surface area contributed by atoms with Gasteiger partial charge in [0.15, 0.2) is 0 Å². The van der Waals surface area contributed by atoms with Crippen molar-refractivity contribution in [2.45, 2.75) is 40.3 Å². The SMILES string of the molecule is Cc1cc(C(CO)N=[N+]=[N-])c(C)n1CC(C)C. The van der Waals surface area contributed by atoms with Gasteiger partial charge in [0.1, 0.15) is 0 Å². The van der Waals surface area contributed by atoms with Gasteiger partial charge in [-0.1, -0.05) is 19.0 Å². The van der Waals surface area contributed by atoms with E-state index in [0.717, 1.165) is 23.5 Å². The van der Waals surface area contributed by atoms with Crippen molar-refractivity contribution in [1.29, 1.82) is 0 Å². The molecule has 0 saturated carbocycles.